The summed E-state index contributed by atoms with van der Waals surface area (Å²) in [6.07, 6.45) is 0. The summed E-state index contributed by atoms with van der Waals surface area (Å²) >= 11 is 0. The van der Waals surface area contributed by atoms with E-state index in [2.05, 4.69) is 5.32 Å². The molecule has 0 aromatic heterocycles. The van der Waals surface area contributed by atoms with Gasteiger partial charge < -0.3 is 5.32 Å². The fraction of sp³-hybridized carbons (Fsp3) is 0.316. The van der Waals surface area contributed by atoms with Gasteiger partial charge in [0, 0.05) is 6.04 Å². The number of benzene rings is 2. The van der Waals surface area contributed by atoms with Crippen LogP contribution in [-0.2, 0) is 14.8 Å². The highest BCUT2D eigenvalue weighted by Gasteiger charge is 2.27. The number of hydrogen-bond donors (Lipinski definition) is 1. The van der Waals surface area contributed by atoms with Gasteiger partial charge in [0.2, 0.25) is 5.91 Å². The van der Waals surface area contributed by atoms with Gasteiger partial charge in [0.15, 0.2) is 0 Å². The molecule has 2 rings (SSSR count). The minimum atomic E-state index is -3.84. The molecular weight excluding hydrogens is 336 g/mol. The van der Waals surface area contributed by atoms with E-state index in [1.54, 1.807) is 36.4 Å². The number of amides is 1. The molecule has 0 unspecified atom stereocenters. The standard InChI is InChI=1S/C19H24N2O3S/c1-14(2)20-19(22)13-21(17-9-5-15(3)6-10-17)25(23,24)18-11-7-16(4)8-12-18/h5-12,14H,13H2,1-4H3,(H,20,22). The van der Waals surface area contributed by atoms with E-state index >= 15 is 0 Å². The number of carbonyl (C=O) groups is 1. The zero-order valence-corrected chi connectivity index (χ0v) is 15.8. The number of nitrogens with zero attached hydrogens (tertiary/aromatic N) is 1. The Morgan fingerprint density at radius 2 is 1.44 bits per heavy atom. The molecule has 0 aliphatic carbocycles. The SMILES string of the molecule is Cc1ccc(N(CC(=O)NC(C)C)S(=O)(=O)c2ccc(C)cc2)cc1. The van der Waals surface area contributed by atoms with Crippen LogP contribution < -0.4 is 9.62 Å². The molecule has 134 valence electrons. The lowest BCUT2D eigenvalue weighted by Crippen LogP contribution is -2.42. The fourth-order valence-corrected chi connectivity index (χ4v) is 3.78. The van der Waals surface area contributed by atoms with Crippen molar-refractivity contribution < 1.29 is 13.2 Å². The highest BCUT2D eigenvalue weighted by atomic mass is 32.2. The van der Waals surface area contributed by atoms with E-state index in [1.807, 2.05) is 39.8 Å². The molecule has 6 heteroatoms. The molecule has 0 aliphatic heterocycles. The Bertz CT molecular complexity index is 826. The van der Waals surface area contributed by atoms with Crippen molar-refractivity contribution in [1.82, 2.24) is 5.32 Å². The van der Waals surface area contributed by atoms with Gasteiger partial charge in [0.1, 0.15) is 6.54 Å². The van der Waals surface area contributed by atoms with Crippen LogP contribution in [0.3, 0.4) is 0 Å². The maximum Gasteiger partial charge on any atom is 0.264 e. The van der Waals surface area contributed by atoms with Crippen LogP contribution in [0.5, 0.6) is 0 Å². The molecule has 0 spiro atoms. The first-order valence-electron chi connectivity index (χ1n) is 8.15. The van der Waals surface area contributed by atoms with Gasteiger partial charge in [0.05, 0.1) is 10.6 Å². The van der Waals surface area contributed by atoms with Gasteiger partial charge in [-0.05, 0) is 52.0 Å². The highest BCUT2D eigenvalue weighted by Crippen LogP contribution is 2.24. The summed E-state index contributed by atoms with van der Waals surface area (Å²) in [5.74, 6) is -0.341. The molecule has 2 aromatic rings. The average Bonchev–Trinajstić information content (AvgIpc) is 2.53. The van der Waals surface area contributed by atoms with Crippen LogP contribution in [0.4, 0.5) is 5.69 Å². The van der Waals surface area contributed by atoms with Crippen molar-refractivity contribution in [3.8, 4) is 0 Å². The summed E-state index contributed by atoms with van der Waals surface area (Å²) in [4.78, 5) is 12.4. The molecule has 1 amide bonds. The summed E-state index contributed by atoms with van der Waals surface area (Å²) < 4.78 is 27.3. The monoisotopic (exact) mass is 360 g/mol. The first kappa shape index (κ1) is 19.0. The number of hydrogen-bond acceptors (Lipinski definition) is 3. The number of anilines is 1. The smallest absolute Gasteiger partial charge is 0.264 e. The summed E-state index contributed by atoms with van der Waals surface area (Å²) in [5, 5.41) is 2.74. The number of carbonyl (C=O) groups excluding carboxylic acids is 1. The molecule has 0 heterocycles. The lowest BCUT2D eigenvalue weighted by atomic mass is 10.2. The van der Waals surface area contributed by atoms with E-state index in [0.717, 1.165) is 15.4 Å². The first-order valence-corrected chi connectivity index (χ1v) is 9.59. The number of aryl methyl sites for hydroxylation is 2. The third-order valence-corrected chi connectivity index (χ3v) is 5.46. The summed E-state index contributed by atoms with van der Waals surface area (Å²) in [6.45, 7) is 7.22. The third kappa shape index (κ3) is 4.82. The van der Waals surface area contributed by atoms with Crippen molar-refractivity contribution >= 4 is 21.6 Å². The first-order chi connectivity index (χ1) is 11.7. The Kier molecular flexibility index (Phi) is 5.85. The van der Waals surface area contributed by atoms with Crippen LogP contribution in [0.15, 0.2) is 53.4 Å². The lowest BCUT2D eigenvalue weighted by Gasteiger charge is -2.24. The second-order valence-electron chi connectivity index (χ2n) is 6.38. The summed E-state index contributed by atoms with van der Waals surface area (Å²) in [5.41, 5.74) is 2.45. The van der Waals surface area contributed by atoms with E-state index in [9.17, 15) is 13.2 Å². The van der Waals surface area contributed by atoms with Gasteiger partial charge in [-0.25, -0.2) is 8.42 Å². The quantitative estimate of drug-likeness (QED) is 0.861. The van der Waals surface area contributed by atoms with E-state index in [0.29, 0.717) is 5.69 Å². The number of nitrogens with one attached hydrogen (secondary N) is 1. The predicted molar refractivity (Wildman–Crippen MR) is 100 cm³/mol. The Morgan fingerprint density at radius 3 is 1.92 bits per heavy atom. The molecule has 0 fully saturated rings. The molecule has 0 saturated carbocycles. The molecule has 0 aliphatic rings. The van der Waals surface area contributed by atoms with Crippen LogP contribution in [0.1, 0.15) is 25.0 Å². The third-order valence-electron chi connectivity index (χ3n) is 3.67. The van der Waals surface area contributed by atoms with Crippen LogP contribution in [0.25, 0.3) is 0 Å². The van der Waals surface area contributed by atoms with Crippen molar-refractivity contribution in [3.05, 3.63) is 59.7 Å². The molecule has 2 aromatic carbocycles. The largest absolute Gasteiger partial charge is 0.352 e. The maximum absolute atomic E-state index is 13.1. The van der Waals surface area contributed by atoms with E-state index < -0.39 is 10.0 Å². The lowest BCUT2D eigenvalue weighted by molar-refractivity contribution is -0.120. The topological polar surface area (TPSA) is 66.5 Å². The molecule has 1 N–H and O–H groups in total. The Morgan fingerprint density at radius 1 is 0.960 bits per heavy atom. The van der Waals surface area contributed by atoms with Crippen molar-refractivity contribution in [1.29, 1.82) is 0 Å². The van der Waals surface area contributed by atoms with Crippen molar-refractivity contribution in [3.63, 3.8) is 0 Å². The molecular formula is C19H24N2O3S. The molecule has 5 nitrogen and oxygen atoms in total. The normalized spacial score (nSPS) is 11.4. The second kappa shape index (κ2) is 7.70. The predicted octanol–water partition coefficient (Wildman–Crippen LogP) is 3.02. The summed E-state index contributed by atoms with van der Waals surface area (Å²) in [6, 6.07) is 13.6. The van der Waals surface area contributed by atoms with Gasteiger partial charge in [-0.2, -0.15) is 0 Å². The maximum atomic E-state index is 13.1. The molecule has 0 radical (unpaired) electrons. The van der Waals surface area contributed by atoms with Crippen LogP contribution >= 0.6 is 0 Å². The van der Waals surface area contributed by atoms with Crippen molar-refractivity contribution in [2.45, 2.75) is 38.6 Å². The van der Waals surface area contributed by atoms with Crippen LogP contribution in [0, 0.1) is 13.8 Å². The Hall–Kier alpha value is -2.34. The zero-order valence-electron chi connectivity index (χ0n) is 15.0. The van der Waals surface area contributed by atoms with E-state index in [4.69, 9.17) is 0 Å². The number of sulfonamides is 1. The van der Waals surface area contributed by atoms with Gasteiger partial charge in [-0.3, -0.25) is 9.10 Å². The second-order valence-corrected chi connectivity index (χ2v) is 8.24. The molecule has 0 atom stereocenters. The minimum Gasteiger partial charge on any atom is -0.352 e. The molecule has 25 heavy (non-hydrogen) atoms. The Balaban J connectivity index is 2.44. The van der Waals surface area contributed by atoms with Crippen LogP contribution in [-0.4, -0.2) is 26.9 Å². The molecule has 0 saturated heterocycles. The zero-order chi connectivity index (χ0) is 18.6. The summed E-state index contributed by atoms with van der Waals surface area (Å²) in [7, 11) is -3.84. The van der Waals surface area contributed by atoms with Crippen molar-refractivity contribution in [2.75, 3.05) is 10.8 Å². The molecule has 0 bridgehead atoms. The van der Waals surface area contributed by atoms with Gasteiger partial charge >= 0.3 is 0 Å². The van der Waals surface area contributed by atoms with Crippen molar-refractivity contribution in [2.24, 2.45) is 0 Å². The average molecular weight is 360 g/mol. The number of rotatable bonds is 6. The van der Waals surface area contributed by atoms with E-state index in [-0.39, 0.29) is 23.4 Å². The van der Waals surface area contributed by atoms with E-state index in [1.165, 1.54) is 0 Å². The van der Waals surface area contributed by atoms with Gasteiger partial charge in [-0.1, -0.05) is 35.4 Å². The Labute approximate surface area is 149 Å². The fourth-order valence-electron chi connectivity index (χ4n) is 2.36. The van der Waals surface area contributed by atoms with Gasteiger partial charge in [-0.15, -0.1) is 0 Å². The highest BCUT2D eigenvalue weighted by molar-refractivity contribution is 7.92. The van der Waals surface area contributed by atoms with Gasteiger partial charge in [0.25, 0.3) is 10.0 Å². The minimum absolute atomic E-state index is 0.0607. The van der Waals surface area contributed by atoms with Crippen LogP contribution in [0.2, 0.25) is 0 Å².